The molecule has 0 aromatic rings. The number of hydrogen-bond donors (Lipinski definition) is 1. The average Bonchev–Trinajstić information content (AvgIpc) is 2.63. The lowest BCUT2D eigenvalue weighted by atomic mass is 9.68. The average molecular weight is 262 g/mol. The quantitative estimate of drug-likeness (QED) is 0.727. The first-order valence-electron chi connectivity index (χ1n) is 7.95. The molecule has 0 aromatic carbocycles. The van der Waals surface area contributed by atoms with E-state index in [2.05, 4.69) is 39.8 Å². The Morgan fingerprint density at radius 1 is 1.37 bits per heavy atom. The summed E-state index contributed by atoms with van der Waals surface area (Å²) < 4.78 is 0. The molecule has 1 N–H and O–H groups in total. The Balaban J connectivity index is 2.04. The minimum Gasteiger partial charge on any atom is -0.396 e. The van der Waals surface area contributed by atoms with Gasteiger partial charge in [-0.2, -0.15) is 0 Å². The lowest BCUT2D eigenvalue weighted by Crippen LogP contribution is -2.26. The van der Waals surface area contributed by atoms with Crippen molar-refractivity contribution in [1.29, 1.82) is 0 Å². The molecule has 1 heteroatoms. The van der Waals surface area contributed by atoms with E-state index < -0.39 is 0 Å². The van der Waals surface area contributed by atoms with Crippen LogP contribution in [0.2, 0.25) is 0 Å². The van der Waals surface area contributed by atoms with Gasteiger partial charge in [0.25, 0.3) is 0 Å². The van der Waals surface area contributed by atoms with Crippen molar-refractivity contribution < 1.29 is 5.11 Å². The maximum atomic E-state index is 8.98. The smallest absolute Gasteiger partial charge is 0.0431 e. The first-order chi connectivity index (χ1) is 8.96. The minimum atomic E-state index is 0.346. The van der Waals surface area contributed by atoms with Gasteiger partial charge in [0.2, 0.25) is 0 Å². The molecule has 1 nitrogen and oxygen atoms in total. The van der Waals surface area contributed by atoms with Gasteiger partial charge < -0.3 is 5.11 Å². The monoisotopic (exact) mass is 262 g/mol. The summed E-state index contributed by atoms with van der Waals surface area (Å²) in [4.78, 5) is 0. The third-order valence-electron chi connectivity index (χ3n) is 5.75. The van der Waals surface area contributed by atoms with Crippen molar-refractivity contribution >= 4 is 0 Å². The highest BCUT2D eigenvalue weighted by Crippen LogP contribution is 2.49. The van der Waals surface area contributed by atoms with E-state index >= 15 is 0 Å². The van der Waals surface area contributed by atoms with Gasteiger partial charge >= 0.3 is 0 Å². The first kappa shape index (κ1) is 14.8. The van der Waals surface area contributed by atoms with Crippen LogP contribution in [0.1, 0.15) is 59.8 Å². The van der Waals surface area contributed by atoms with Crippen LogP contribution in [-0.4, -0.2) is 11.7 Å². The Morgan fingerprint density at radius 3 is 2.63 bits per heavy atom. The molecule has 0 bridgehead atoms. The fraction of sp³-hybridized carbons (Fsp3) is 0.778. The SMILES string of the molecule is CC1=CCC(C2=CC(C)C(CCCO)CC2)C1(C)C. The van der Waals surface area contributed by atoms with Gasteiger partial charge in [0.05, 0.1) is 0 Å². The van der Waals surface area contributed by atoms with Gasteiger partial charge in [-0.15, -0.1) is 0 Å². The van der Waals surface area contributed by atoms with Crippen LogP contribution < -0.4 is 0 Å². The minimum absolute atomic E-state index is 0.346. The summed E-state index contributed by atoms with van der Waals surface area (Å²) in [5.41, 5.74) is 3.61. The van der Waals surface area contributed by atoms with Crippen molar-refractivity contribution in [2.75, 3.05) is 6.61 Å². The van der Waals surface area contributed by atoms with E-state index in [1.165, 1.54) is 25.7 Å². The first-order valence-corrected chi connectivity index (χ1v) is 7.95. The lowest BCUT2D eigenvalue weighted by molar-refractivity contribution is 0.244. The normalized spacial score (nSPS) is 34.1. The van der Waals surface area contributed by atoms with Gasteiger partial charge in [-0.1, -0.05) is 44.1 Å². The van der Waals surface area contributed by atoms with Crippen LogP contribution in [0.15, 0.2) is 23.3 Å². The summed E-state index contributed by atoms with van der Waals surface area (Å²) in [5, 5.41) is 8.98. The third kappa shape index (κ3) is 2.97. The highest BCUT2D eigenvalue weighted by molar-refractivity contribution is 5.28. The Morgan fingerprint density at radius 2 is 2.11 bits per heavy atom. The van der Waals surface area contributed by atoms with E-state index in [4.69, 9.17) is 5.11 Å². The van der Waals surface area contributed by atoms with Crippen molar-refractivity contribution in [3.63, 3.8) is 0 Å². The van der Waals surface area contributed by atoms with Gasteiger partial charge in [-0.05, 0) is 62.2 Å². The fourth-order valence-corrected chi connectivity index (χ4v) is 3.97. The topological polar surface area (TPSA) is 20.2 Å². The van der Waals surface area contributed by atoms with Crippen LogP contribution in [0.5, 0.6) is 0 Å². The molecule has 108 valence electrons. The number of rotatable bonds is 4. The summed E-state index contributed by atoms with van der Waals surface area (Å²) in [5.74, 6) is 2.20. The van der Waals surface area contributed by atoms with Crippen molar-refractivity contribution in [3.8, 4) is 0 Å². The van der Waals surface area contributed by atoms with Crippen molar-refractivity contribution in [1.82, 2.24) is 0 Å². The molecule has 0 saturated heterocycles. The summed E-state index contributed by atoms with van der Waals surface area (Å²) in [6, 6.07) is 0. The van der Waals surface area contributed by atoms with Gasteiger partial charge in [0, 0.05) is 6.61 Å². The molecule has 3 atom stereocenters. The zero-order valence-corrected chi connectivity index (χ0v) is 13.1. The Kier molecular flexibility index (Phi) is 4.55. The Bertz CT molecular complexity index is 375. The fourth-order valence-electron chi connectivity index (χ4n) is 3.97. The van der Waals surface area contributed by atoms with Crippen molar-refractivity contribution in [2.45, 2.75) is 59.8 Å². The van der Waals surface area contributed by atoms with Crippen molar-refractivity contribution in [2.24, 2.45) is 23.2 Å². The van der Waals surface area contributed by atoms with E-state index in [9.17, 15) is 0 Å². The van der Waals surface area contributed by atoms with Crippen LogP contribution in [0, 0.1) is 23.2 Å². The molecule has 0 fully saturated rings. The second-order valence-electron chi connectivity index (χ2n) is 7.16. The van der Waals surface area contributed by atoms with E-state index in [-0.39, 0.29) is 0 Å². The predicted molar refractivity (Wildman–Crippen MR) is 81.9 cm³/mol. The Hall–Kier alpha value is -0.560. The Labute approximate surface area is 118 Å². The third-order valence-corrected chi connectivity index (χ3v) is 5.75. The molecular weight excluding hydrogens is 232 g/mol. The molecule has 2 aliphatic carbocycles. The standard InChI is InChI=1S/C18H30O/c1-13-12-16(9-8-15(13)6-5-11-19)17-10-7-14(2)18(17,3)4/h7,12-13,15,17,19H,5-6,8-11H2,1-4H3. The molecule has 2 aliphatic rings. The van der Waals surface area contributed by atoms with Gasteiger partial charge in [-0.25, -0.2) is 0 Å². The summed E-state index contributed by atoms with van der Waals surface area (Å²) in [7, 11) is 0. The number of allylic oxidation sites excluding steroid dienone is 4. The molecule has 0 radical (unpaired) electrons. The maximum Gasteiger partial charge on any atom is 0.0431 e. The van der Waals surface area contributed by atoms with Crippen LogP contribution >= 0.6 is 0 Å². The number of aliphatic hydroxyl groups excluding tert-OH is 1. The lowest BCUT2D eigenvalue weighted by Gasteiger charge is -2.36. The molecule has 3 unspecified atom stereocenters. The van der Waals surface area contributed by atoms with E-state index in [0.717, 1.165) is 18.3 Å². The number of aliphatic hydroxyl groups is 1. The molecule has 19 heavy (non-hydrogen) atoms. The molecule has 0 spiro atoms. The molecule has 0 amide bonds. The van der Waals surface area contributed by atoms with Gasteiger partial charge in [-0.3, -0.25) is 0 Å². The molecule has 0 aliphatic heterocycles. The van der Waals surface area contributed by atoms with Gasteiger partial charge in [0.1, 0.15) is 0 Å². The molecule has 0 aromatic heterocycles. The highest BCUT2D eigenvalue weighted by atomic mass is 16.2. The number of hydrogen-bond acceptors (Lipinski definition) is 1. The van der Waals surface area contributed by atoms with E-state index in [1.54, 1.807) is 11.1 Å². The predicted octanol–water partition coefficient (Wildman–Crippen LogP) is 4.72. The molecular formula is C18H30O. The zero-order valence-electron chi connectivity index (χ0n) is 13.1. The maximum absolute atomic E-state index is 8.98. The van der Waals surface area contributed by atoms with E-state index in [0.29, 0.717) is 17.9 Å². The second-order valence-corrected chi connectivity index (χ2v) is 7.16. The van der Waals surface area contributed by atoms with Crippen LogP contribution in [-0.2, 0) is 0 Å². The zero-order chi connectivity index (χ0) is 14.0. The highest BCUT2D eigenvalue weighted by Gasteiger charge is 2.38. The van der Waals surface area contributed by atoms with E-state index in [1.807, 2.05) is 0 Å². The second kappa shape index (κ2) is 5.83. The van der Waals surface area contributed by atoms with Crippen LogP contribution in [0.3, 0.4) is 0 Å². The molecule has 0 saturated carbocycles. The van der Waals surface area contributed by atoms with Gasteiger partial charge in [0.15, 0.2) is 0 Å². The largest absolute Gasteiger partial charge is 0.396 e. The molecule has 2 rings (SSSR count). The summed E-state index contributed by atoms with van der Waals surface area (Å²) >= 11 is 0. The summed E-state index contributed by atoms with van der Waals surface area (Å²) in [6.07, 6.45) is 11.0. The molecule has 0 heterocycles. The van der Waals surface area contributed by atoms with Crippen LogP contribution in [0.4, 0.5) is 0 Å². The van der Waals surface area contributed by atoms with Crippen LogP contribution in [0.25, 0.3) is 0 Å². The van der Waals surface area contributed by atoms with Crippen molar-refractivity contribution in [3.05, 3.63) is 23.3 Å². The summed E-state index contributed by atoms with van der Waals surface area (Å²) in [6.45, 7) is 9.80.